The van der Waals surface area contributed by atoms with E-state index in [9.17, 15) is 4.79 Å². The lowest BCUT2D eigenvalue weighted by atomic mass is 10.1. The molecule has 0 radical (unpaired) electrons. The zero-order valence-corrected chi connectivity index (χ0v) is 12.5. The number of fused-ring (bicyclic) bond motifs is 1. The van der Waals surface area contributed by atoms with Crippen molar-refractivity contribution >= 4 is 33.2 Å². The highest BCUT2D eigenvalue weighted by atomic mass is 79.9. The minimum absolute atomic E-state index is 0.231. The molecule has 3 heterocycles. The molecule has 7 nitrogen and oxygen atoms in total. The van der Waals surface area contributed by atoms with Gasteiger partial charge in [0.25, 0.3) is 5.91 Å². The fraction of sp³-hybridized carbons (Fsp3) is 0.417. The SMILES string of the molecule is CC1CNCC1Nc1c(C(N)=O)cnn2cc(Br)nc12. The largest absolute Gasteiger partial charge is 0.377 e. The highest BCUT2D eigenvalue weighted by Gasteiger charge is 2.26. The van der Waals surface area contributed by atoms with Gasteiger partial charge in [0.05, 0.1) is 23.6 Å². The fourth-order valence-corrected chi connectivity index (χ4v) is 2.79. The molecule has 1 amide bonds. The van der Waals surface area contributed by atoms with Crippen molar-refractivity contribution in [3.63, 3.8) is 0 Å². The summed E-state index contributed by atoms with van der Waals surface area (Å²) in [5.41, 5.74) is 7.02. The Balaban J connectivity index is 2.09. The second-order valence-electron chi connectivity index (χ2n) is 5.02. The molecule has 0 aromatic carbocycles. The van der Waals surface area contributed by atoms with Crippen LogP contribution >= 0.6 is 15.9 Å². The van der Waals surface area contributed by atoms with E-state index in [0.717, 1.165) is 13.1 Å². The summed E-state index contributed by atoms with van der Waals surface area (Å²) >= 11 is 3.32. The van der Waals surface area contributed by atoms with Crippen molar-refractivity contribution in [3.05, 3.63) is 22.6 Å². The van der Waals surface area contributed by atoms with Crippen molar-refractivity contribution in [1.29, 1.82) is 0 Å². The van der Waals surface area contributed by atoms with Crippen LogP contribution in [-0.2, 0) is 0 Å². The first-order valence-electron chi connectivity index (χ1n) is 6.37. The summed E-state index contributed by atoms with van der Waals surface area (Å²) in [5, 5.41) is 10.8. The maximum absolute atomic E-state index is 11.6. The van der Waals surface area contributed by atoms with Gasteiger partial charge in [0.1, 0.15) is 4.60 Å². The standard InChI is InChI=1S/C12H15BrN6O/c1-6-2-15-4-8(6)17-10-7(11(14)20)3-16-19-5-9(13)18-12(10)19/h3,5-6,8,15,17H,2,4H2,1H3,(H2,14,20). The average molecular weight is 339 g/mol. The third-order valence-electron chi connectivity index (χ3n) is 3.58. The smallest absolute Gasteiger partial charge is 0.252 e. The van der Waals surface area contributed by atoms with Gasteiger partial charge in [-0.15, -0.1) is 0 Å². The summed E-state index contributed by atoms with van der Waals surface area (Å²) in [4.78, 5) is 16.0. The molecule has 0 spiro atoms. The number of carbonyl (C=O) groups excluding carboxylic acids is 1. The second-order valence-corrected chi connectivity index (χ2v) is 5.83. The van der Waals surface area contributed by atoms with E-state index in [4.69, 9.17) is 5.73 Å². The lowest BCUT2D eigenvalue weighted by Crippen LogP contribution is -2.29. The first-order valence-corrected chi connectivity index (χ1v) is 7.16. The van der Waals surface area contributed by atoms with Crippen molar-refractivity contribution < 1.29 is 4.79 Å². The van der Waals surface area contributed by atoms with Gasteiger partial charge in [0, 0.05) is 12.6 Å². The maximum atomic E-state index is 11.6. The van der Waals surface area contributed by atoms with Crippen LogP contribution in [0.3, 0.4) is 0 Å². The minimum atomic E-state index is -0.514. The van der Waals surface area contributed by atoms with Gasteiger partial charge < -0.3 is 16.4 Å². The number of anilines is 1. The molecule has 0 bridgehead atoms. The molecule has 2 atom stereocenters. The molecule has 1 aliphatic rings. The molecule has 2 aromatic heterocycles. The predicted octanol–water partition coefficient (Wildman–Crippen LogP) is 0.611. The van der Waals surface area contributed by atoms with Crippen molar-refractivity contribution in [1.82, 2.24) is 19.9 Å². The van der Waals surface area contributed by atoms with Crippen LogP contribution in [0.4, 0.5) is 5.69 Å². The van der Waals surface area contributed by atoms with E-state index < -0.39 is 5.91 Å². The molecular formula is C12H15BrN6O. The molecule has 0 saturated carbocycles. The van der Waals surface area contributed by atoms with Gasteiger partial charge in [-0.05, 0) is 28.4 Å². The Labute approximate surface area is 124 Å². The third-order valence-corrected chi connectivity index (χ3v) is 3.96. The van der Waals surface area contributed by atoms with Crippen LogP contribution in [0.1, 0.15) is 17.3 Å². The Kier molecular flexibility index (Phi) is 3.35. The quantitative estimate of drug-likeness (QED) is 0.761. The molecule has 3 rings (SSSR count). The number of aromatic nitrogens is 3. The molecule has 2 aromatic rings. The van der Waals surface area contributed by atoms with E-state index in [2.05, 4.69) is 43.6 Å². The Morgan fingerprint density at radius 1 is 1.60 bits per heavy atom. The number of imidazole rings is 1. The Morgan fingerprint density at radius 3 is 3.05 bits per heavy atom. The van der Waals surface area contributed by atoms with Gasteiger partial charge in [0.2, 0.25) is 0 Å². The van der Waals surface area contributed by atoms with E-state index in [0.29, 0.717) is 27.4 Å². The summed E-state index contributed by atoms with van der Waals surface area (Å²) in [5.74, 6) is -0.0532. The van der Waals surface area contributed by atoms with Crippen LogP contribution in [0, 0.1) is 5.92 Å². The first-order chi connectivity index (χ1) is 9.56. The van der Waals surface area contributed by atoms with Crippen LogP contribution in [0.5, 0.6) is 0 Å². The molecule has 1 saturated heterocycles. The Hall–Kier alpha value is -1.67. The maximum Gasteiger partial charge on any atom is 0.252 e. The third kappa shape index (κ3) is 2.25. The number of rotatable bonds is 3. The number of hydrogen-bond acceptors (Lipinski definition) is 5. The Morgan fingerprint density at radius 2 is 2.40 bits per heavy atom. The number of halogens is 1. The van der Waals surface area contributed by atoms with Gasteiger partial charge in [-0.3, -0.25) is 4.79 Å². The van der Waals surface area contributed by atoms with E-state index in [1.54, 1.807) is 10.7 Å². The number of hydrogen-bond donors (Lipinski definition) is 3. The zero-order chi connectivity index (χ0) is 14.3. The average Bonchev–Trinajstić information content (AvgIpc) is 2.95. The number of amides is 1. The van der Waals surface area contributed by atoms with Crippen molar-refractivity contribution in [2.75, 3.05) is 18.4 Å². The molecule has 20 heavy (non-hydrogen) atoms. The van der Waals surface area contributed by atoms with Crippen LogP contribution < -0.4 is 16.4 Å². The number of nitrogens with two attached hydrogens (primary N) is 1. The lowest BCUT2D eigenvalue weighted by molar-refractivity contribution is 0.100. The van der Waals surface area contributed by atoms with Crippen molar-refractivity contribution in [2.24, 2.45) is 11.7 Å². The number of nitrogens with one attached hydrogen (secondary N) is 2. The van der Waals surface area contributed by atoms with Gasteiger partial charge in [-0.1, -0.05) is 6.92 Å². The van der Waals surface area contributed by atoms with E-state index in [-0.39, 0.29) is 6.04 Å². The van der Waals surface area contributed by atoms with Crippen LogP contribution in [0.15, 0.2) is 17.0 Å². The summed E-state index contributed by atoms with van der Waals surface area (Å²) < 4.78 is 2.28. The molecule has 8 heteroatoms. The summed E-state index contributed by atoms with van der Waals surface area (Å²) in [6.45, 7) is 3.94. The molecule has 106 valence electrons. The fourth-order valence-electron chi connectivity index (χ4n) is 2.42. The zero-order valence-electron chi connectivity index (χ0n) is 10.9. The van der Waals surface area contributed by atoms with Crippen molar-refractivity contribution in [3.8, 4) is 0 Å². The van der Waals surface area contributed by atoms with Crippen LogP contribution in [0.2, 0.25) is 0 Å². The lowest BCUT2D eigenvalue weighted by Gasteiger charge is -2.19. The highest BCUT2D eigenvalue weighted by Crippen LogP contribution is 2.25. The highest BCUT2D eigenvalue weighted by molar-refractivity contribution is 9.10. The van der Waals surface area contributed by atoms with Gasteiger partial charge >= 0.3 is 0 Å². The normalized spacial score (nSPS) is 22.3. The number of nitrogens with zero attached hydrogens (tertiary/aromatic N) is 3. The number of primary amides is 1. The van der Waals surface area contributed by atoms with Crippen LogP contribution in [-0.4, -0.2) is 39.6 Å². The monoisotopic (exact) mass is 338 g/mol. The summed E-state index contributed by atoms with van der Waals surface area (Å²) in [7, 11) is 0. The van der Waals surface area contributed by atoms with E-state index >= 15 is 0 Å². The molecule has 0 aliphatic carbocycles. The van der Waals surface area contributed by atoms with Gasteiger partial charge in [0.15, 0.2) is 5.65 Å². The van der Waals surface area contributed by atoms with Crippen LogP contribution in [0.25, 0.3) is 5.65 Å². The Bertz CT molecular complexity index is 669. The molecular weight excluding hydrogens is 324 g/mol. The molecule has 1 fully saturated rings. The molecule has 2 unspecified atom stereocenters. The second kappa shape index (κ2) is 5.02. The predicted molar refractivity (Wildman–Crippen MR) is 78.6 cm³/mol. The minimum Gasteiger partial charge on any atom is -0.377 e. The van der Waals surface area contributed by atoms with Crippen molar-refractivity contribution in [2.45, 2.75) is 13.0 Å². The first kappa shape index (κ1) is 13.3. The summed E-state index contributed by atoms with van der Waals surface area (Å²) in [6.07, 6.45) is 3.21. The molecule has 4 N–H and O–H groups in total. The topological polar surface area (TPSA) is 97.3 Å². The van der Waals surface area contributed by atoms with Gasteiger partial charge in [-0.25, -0.2) is 9.50 Å². The van der Waals surface area contributed by atoms with E-state index in [1.807, 2.05) is 0 Å². The van der Waals surface area contributed by atoms with E-state index in [1.165, 1.54) is 6.20 Å². The van der Waals surface area contributed by atoms with Gasteiger partial charge in [-0.2, -0.15) is 5.10 Å². The summed E-state index contributed by atoms with van der Waals surface area (Å²) in [6, 6.07) is 0.231. The number of carbonyl (C=O) groups is 1. The molecule has 1 aliphatic heterocycles.